The molecule has 0 bridgehead atoms. The number of nitrogens with zero attached hydrogens (tertiary/aromatic N) is 1. The molecule has 9 nitrogen and oxygen atoms in total. The van der Waals surface area contributed by atoms with Gasteiger partial charge in [-0.05, 0) is 92.6 Å². The number of thioether (sulfide) groups is 1. The number of carbonyl (C=O) groups is 3. The topological polar surface area (TPSA) is 118 Å². The van der Waals surface area contributed by atoms with Crippen molar-refractivity contribution in [1.29, 1.82) is 0 Å². The number of Topliss-reactive ketones (excluding diaryl/α,β-unsaturated/α-hetero) is 1. The lowest BCUT2D eigenvalue weighted by atomic mass is 10.0. The van der Waals surface area contributed by atoms with Gasteiger partial charge in [0, 0.05) is 29.3 Å². The van der Waals surface area contributed by atoms with E-state index in [4.69, 9.17) is 14.2 Å². The molecule has 256 valence electrons. The van der Waals surface area contributed by atoms with Gasteiger partial charge in [-0.2, -0.15) is 0 Å². The molecule has 0 saturated carbocycles. The maximum absolute atomic E-state index is 15.1. The molecular weight excluding hydrogens is 670 g/mol. The highest BCUT2D eigenvalue weighted by Gasteiger charge is 2.46. The molecule has 1 heterocycles. The summed E-state index contributed by atoms with van der Waals surface area (Å²) in [5.74, 6) is -1.27. The number of aryl methyl sites for hydroxylation is 1. The Balaban J connectivity index is 1.20. The van der Waals surface area contributed by atoms with E-state index in [2.05, 4.69) is 0 Å². The first-order chi connectivity index (χ1) is 23.4. The van der Waals surface area contributed by atoms with Crippen molar-refractivity contribution in [3.63, 3.8) is 0 Å². The Morgan fingerprint density at radius 1 is 0.959 bits per heavy atom. The number of rotatable bonds is 14. The van der Waals surface area contributed by atoms with Gasteiger partial charge < -0.3 is 14.2 Å². The first-order valence-corrected chi connectivity index (χ1v) is 18.3. The van der Waals surface area contributed by atoms with Gasteiger partial charge in [0.05, 0.1) is 17.7 Å². The number of ether oxygens (including phenoxy) is 3. The second-order valence-corrected chi connectivity index (χ2v) is 14.7. The first kappa shape index (κ1) is 35.6. The number of fused-ring (bicyclic) bond motifs is 1. The molecule has 0 N–H and O–H groups in total. The van der Waals surface area contributed by atoms with Gasteiger partial charge in [0.2, 0.25) is 0 Å². The van der Waals surface area contributed by atoms with Crippen molar-refractivity contribution in [2.24, 2.45) is 0 Å². The Morgan fingerprint density at radius 2 is 1.71 bits per heavy atom. The Kier molecular flexibility index (Phi) is 11.1. The molecule has 0 amide bonds. The Morgan fingerprint density at radius 3 is 2.47 bits per heavy atom. The average Bonchev–Trinajstić information content (AvgIpc) is 3.52. The van der Waals surface area contributed by atoms with Crippen LogP contribution in [0.25, 0.3) is 10.9 Å². The van der Waals surface area contributed by atoms with Gasteiger partial charge in [0.1, 0.15) is 22.1 Å². The van der Waals surface area contributed by atoms with E-state index in [-0.39, 0.29) is 36.6 Å². The maximum Gasteiger partial charge on any atom is 0.338 e. The molecule has 5 rings (SSSR count). The fourth-order valence-corrected chi connectivity index (χ4v) is 7.54. The summed E-state index contributed by atoms with van der Waals surface area (Å²) in [6, 6.07) is 20.0. The largest absolute Gasteiger partial charge is 0.466 e. The van der Waals surface area contributed by atoms with Crippen LogP contribution >= 0.6 is 11.8 Å². The van der Waals surface area contributed by atoms with Crippen molar-refractivity contribution in [3.8, 4) is 11.5 Å². The second kappa shape index (κ2) is 15.3. The fourth-order valence-electron chi connectivity index (χ4n) is 5.39. The monoisotopic (exact) mass is 705 g/mol. The molecule has 0 radical (unpaired) electrons. The molecule has 3 aromatic carbocycles. The number of hydrogen-bond donors (Lipinski definition) is 0. The Hall–Kier alpha value is -4.68. The van der Waals surface area contributed by atoms with Crippen LogP contribution in [0.15, 0.2) is 102 Å². The van der Waals surface area contributed by atoms with Crippen LogP contribution in [0.3, 0.4) is 0 Å². The molecule has 1 aromatic heterocycles. The Labute approximate surface area is 288 Å². The molecule has 0 fully saturated rings. The predicted octanol–water partition coefficient (Wildman–Crippen LogP) is 7.34. The quantitative estimate of drug-likeness (QED) is 0.124. The van der Waals surface area contributed by atoms with Crippen molar-refractivity contribution in [1.82, 2.24) is 3.97 Å². The van der Waals surface area contributed by atoms with Gasteiger partial charge in [-0.15, -0.1) is 11.8 Å². The number of hydrogen-bond acceptors (Lipinski definition) is 9. The minimum atomic E-state index is -4.16. The summed E-state index contributed by atoms with van der Waals surface area (Å²) >= 11 is 1.35. The van der Waals surface area contributed by atoms with Gasteiger partial charge in [-0.25, -0.2) is 21.6 Å². The molecule has 1 aliphatic rings. The highest BCUT2D eigenvalue weighted by atomic mass is 32.2. The van der Waals surface area contributed by atoms with Crippen LogP contribution in [0.5, 0.6) is 11.5 Å². The molecule has 0 saturated heterocycles. The normalized spacial score (nSPS) is 16.1. The summed E-state index contributed by atoms with van der Waals surface area (Å²) in [6.45, 7) is 3.05. The number of allylic oxidation sites excluding steroid dienone is 2. The molecular formula is C37H36FNO8S2. The number of ketones is 1. The van der Waals surface area contributed by atoms with Crippen molar-refractivity contribution >= 4 is 50.4 Å². The van der Waals surface area contributed by atoms with Gasteiger partial charge in [0.15, 0.2) is 12.4 Å². The number of halogens is 1. The second-order valence-electron chi connectivity index (χ2n) is 11.6. The molecule has 0 aliphatic heterocycles. The summed E-state index contributed by atoms with van der Waals surface area (Å²) in [7, 11) is -4.16. The van der Waals surface area contributed by atoms with Crippen molar-refractivity contribution < 1.29 is 41.4 Å². The number of carbonyl (C=O) groups excluding carboxylic acids is 3. The van der Waals surface area contributed by atoms with E-state index in [1.165, 1.54) is 43.1 Å². The third kappa shape index (κ3) is 8.14. The van der Waals surface area contributed by atoms with E-state index in [9.17, 15) is 22.8 Å². The van der Waals surface area contributed by atoms with Crippen LogP contribution in [-0.4, -0.2) is 54.3 Å². The fraction of sp³-hybridized carbons (Fsp3) is 0.270. The van der Waals surface area contributed by atoms with E-state index in [1.807, 2.05) is 18.2 Å². The van der Waals surface area contributed by atoms with Crippen LogP contribution in [-0.2, 0) is 41.9 Å². The van der Waals surface area contributed by atoms with Gasteiger partial charge in [-0.3, -0.25) is 9.59 Å². The van der Waals surface area contributed by atoms with Gasteiger partial charge in [0.25, 0.3) is 10.0 Å². The molecule has 49 heavy (non-hydrogen) atoms. The summed E-state index contributed by atoms with van der Waals surface area (Å²) in [6.07, 6.45) is 7.01. The van der Waals surface area contributed by atoms with Crippen LogP contribution < -0.4 is 4.74 Å². The average molecular weight is 706 g/mol. The SMILES string of the molecule is CCOC(=O)CCc1cccc(CC(=O)COC(=O)c2cccc(Oc3ccc4c(ccn4S(=O)(=O)C4(C)CC=C(SC)C=C4F)c3)c2)c1. The minimum Gasteiger partial charge on any atom is -0.466 e. The van der Waals surface area contributed by atoms with E-state index in [0.717, 1.165) is 15.1 Å². The zero-order chi connectivity index (χ0) is 35.2. The minimum absolute atomic E-state index is 0.00925. The van der Waals surface area contributed by atoms with Crippen molar-refractivity contribution in [3.05, 3.63) is 119 Å². The third-order valence-electron chi connectivity index (χ3n) is 8.14. The molecule has 0 spiro atoms. The van der Waals surface area contributed by atoms with Crippen LogP contribution in [0.4, 0.5) is 4.39 Å². The van der Waals surface area contributed by atoms with Crippen LogP contribution in [0, 0.1) is 0 Å². The molecule has 1 unspecified atom stereocenters. The zero-order valence-electron chi connectivity index (χ0n) is 27.3. The molecule has 4 aromatic rings. The van der Waals surface area contributed by atoms with E-state index in [1.54, 1.807) is 61.7 Å². The lowest BCUT2D eigenvalue weighted by Crippen LogP contribution is -2.40. The number of benzene rings is 3. The van der Waals surface area contributed by atoms with Crippen LogP contribution in [0.1, 0.15) is 48.2 Å². The van der Waals surface area contributed by atoms with Gasteiger partial charge >= 0.3 is 11.9 Å². The zero-order valence-corrected chi connectivity index (χ0v) is 28.9. The maximum atomic E-state index is 15.1. The smallest absolute Gasteiger partial charge is 0.338 e. The van der Waals surface area contributed by atoms with Crippen LogP contribution in [0.2, 0.25) is 0 Å². The molecule has 12 heteroatoms. The molecule has 1 atom stereocenters. The van der Waals surface area contributed by atoms with Crippen molar-refractivity contribution in [2.75, 3.05) is 19.5 Å². The summed E-state index contributed by atoms with van der Waals surface area (Å²) in [5.41, 5.74) is 2.19. The third-order valence-corrected chi connectivity index (χ3v) is 11.2. The van der Waals surface area contributed by atoms with E-state index in [0.29, 0.717) is 40.3 Å². The summed E-state index contributed by atoms with van der Waals surface area (Å²) < 4.78 is 58.0. The van der Waals surface area contributed by atoms with E-state index >= 15 is 4.39 Å². The predicted molar refractivity (Wildman–Crippen MR) is 187 cm³/mol. The van der Waals surface area contributed by atoms with Gasteiger partial charge in [-0.1, -0.05) is 36.4 Å². The highest BCUT2D eigenvalue weighted by molar-refractivity contribution is 8.02. The first-order valence-electron chi connectivity index (χ1n) is 15.6. The lowest BCUT2D eigenvalue weighted by Gasteiger charge is -2.30. The highest BCUT2D eigenvalue weighted by Crippen LogP contribution is 2.40. The summed E-state index contributed by atoms with van der Waals surface area (Å²) in [5, 5.41) is 0.559. The standard InChI is InChI=1S/C37H36FNO8S2/c1-4-45-35(41)14-11-25-7-5-8-26(19-25)20-29(40)24-46-36(42)28-9-6-10-30(22-28)47-31-12-13-33-27(21-31)16-18-39(33)49(43,44)37(2)17-15-32(48-3)23-34(37)38/h5-10,12-13,15-16,18-19,21-23H,4,11,14,17,20,24H2,1-3H3. The Bertz CT molecular complexity index is 2070. The van der Waals surface area contributed by atoms with E-state index < -0.39 is 33.2 Å². The number of esters is 2. The number of aromatic nitrogens is 1. The summed E-state index contributed by atoms with van der Waals surface area (Å²) in [4.78, 5) is 37.7. The van der Waals surface area contributed by atoms with Crippen molar-refractivity contribution in [2.45, 2.75) is 44.3 Å². The lowest BCUT2D eigenvalue weighted by molar-refractivity contribution is -0.143. The molecule has 1 aliphatic carbocycles.